The van der Waals surface area contributed by atoms with Crippen LogP contribution in [0, 0.1) is 0 Å². The van der Waals surface area contributed by atoms with Gasteiger partial charge in [-0.25, -0.2) is 0 Å². The first-order valence-corrected chi connectivity index (χ1v) is 7.24. The molecule has 0 unspecified atom stereocenters. The average molecular weight is 304 g/mol. The van der Waals surface area contributed by atoms with Gasteiger partial charge in [-0.1, -0.05) is 36.4 Å². The number of amides is 1. The van der Waals surface area contributed by atoms with E-state index < -0.39 is 0 Å². The molecule has 4 heteroatoms. The van der Waals surface area contributed by atoms with E-state index in [2.05, 4.69) is 10.3 Å². The van der Waals surface area contributed by atoms with Crippen LogP contribution < -0.4 is 10.1 Å². The van der Waals surface area contributed by atoms with Gasteiger partial charge in [-0.2, -0.15) is 0 Å². The van der Waals surface area contributed by atoms with E-state index in [0.717, 1.165) is 11.1 Å². The SMILES string of the molecule is COc1ccc(-c2ccccc2)c(NC(=O)c2ccccn2)c1. The number of methoxy groups -OCH3 is 1. The summed E-state index contributed by atoms with van der Waals surface area (Å²) in [6, 6.07) is 20.7. The molecule has 0 spiro atoms. The number of ether oxygens (including phenoxy) is 1. The summed E-state index contributed by atoms with van der Waals surface area (Å²) in [7, 11) is 1.60. The highest BCUT2D eigenvalue weighted by atomic mass is 16.5. The predicted molar refractivity (Wildman–Crippen MR) is 90.6 cm³/mol. The molecule has 0 saturated carbocycles. The van der Waals surface area contributed by atoms with Crippen molar-refractivity contribution in [1.29, 1.82) is 0 Å². The molecule has 0 aliphatic carbocycles. The van der Waals surface area contributed by atoms with Crippen LogP contribution >= 0.6 is 0 Å². The molecule has 23 heavy (non-hydrogen) atoms. The Morgan fingerprint density at radius 3 is 2.48 bits per heavy atom. The van der Waals surface area contributed by atoms with Crippen molar-refractivity contribution in [3.05, 3.63) is 78.6 Å². The fourth-order valence-electron chi connectivity index (χ4n) is 2.31. The lowest BCUT2D eigenvalue weighted by Crippen LogP contribution is -2.14. The number of carbonyl (C=O) groups excluding carboxylic acids is 1. The second kappa shape index (κ2) is 6.75. The third-order valence-corrected chi connectivity index (χ3v) is 3.46. The molecular weight excluding hydrogens is 288 g/mol. The maximum atomic E-state index is 12.4. The summed E-state index contributed by atoms with van der Waals surface area (Å²) in [6.07, 6.45) is 1.60. The number of hydrogen-bond acceptors (Lipinski definition) is 3. The van der Waals surface area contributed by atoms with E-state index in [0.29, 0.717) is 17.1 Å². The van der Waals surface area contributed by atoms with Gasteiger partial charge in [0, 0.05) is 17.8 Å². The molecule has 3 rings (SSSR count). The van der Waals surface area contributed by atoms with Crippen LogP contribution in [0.1, 0.15) is 10.5 Å². The van der Waals surface area contributed by atoms with Crippen LogP contribution in [0.15, 0.2) is 72.9 Å². The summed E-state index contributed by atoms with van der Waals surface area (Å²) >= 11 is 0. The molecule has 3 aromatic rings. The molecule has 0 saturated heterocycles. The van der Waals surface area contributed by atoms with Crippen molar-refractivity contribution in [1.82, 2.24) is 4.98 Å². The highest BCUT2D eigenvalue weighted by molar-refractivity contribution is 6.05. The van der Waals surface area contributed by atoms with Crippen molar-refractivity contribution in [2.75, 3.05) is 12.4 Å². The lowest BCUT2D eigenvalue weighted by molar-refractivity contribution is 0.102. The van der Waals surface area contributed by atoms with Gasteiger partial charge >= 0.3 is 0 Å². The summed E-state index contributed by atoms with van der Waals surface area (Å²) in [6.45, 7) is 0. The molecule has 1 amide bonds. The highest BCUT2D eigenvalue weighted by Gasteiger charge is 2.12. The summed E-state index contributed by atoms with van der Waals surface area (Å²) in [5.41, 5.74) is 3.00. The van der Waals surface area contributed by atoms with Gasteiger partial charge in [0.2, 0.25) is 0 Å². The molecule has 0 radical (unpaired) electrons. The molecule has 0 atom stereocenters. The maximum Gasteiger partial charge on any atom is 0.274 e. The van der Waals surface area contributed by atoms with Crippen LogP contribution in [-0.4, -0.2) is 18.0 Å². The number of nitrogens with one attached hydrogen (secondary N) is 1. The van der Waals surface area contributed by atoms with Crippen molar-refractivity contribution >= 4 is 11.6 Å². The quantitative estimate of drug-likeness (QED) is 0.792. The number of benzene rings is 2. The van der Waals surface area contributed by atoms with E-state index in [1.807, 2.05) is 48.5 Å². The van der Waals surface area contributed by atoms with Crippen molar-refractivity contribution in [3.8, 4) is 16.9 Å². The van der Waals surface area contributed by atoms with Crippen LogP contribution in [0.4, 0.5) is 5.69 Å². The van der Waals surface area contributed by atoms with Crippen molar-refractivity contribution < 1.29 is 9.53 Å². The van der Waals surface area contributed by atoms with Gasteiger partial charge in [0.25, 0.3) is 5.91 Å². The minimum atomic E-state index is -0.254. The Balaban J connectivity index is 1.98. The van der Waals surface area contributed by atoms with E-state index in [4.69, 9.17) is 4.74 Å². The Bertz CT molecular complexity index is 802. The highest BCUT2D eigenvalue weighted by Crippen LogP contribution is 2.31. The molecule has 4 nitrogen and oxygen atoms in total. The third kappa shape index (κ3) is 3.37. The molecular formula is C19H16N2O2. The van der Waals surface area contributed by atoms with Gasteiger partial charge in [-0.05, 0) is 29.8 Å². The zero-order valence-electron chi connectivity index (χ0n) is 12.7. The monoisotopic (exact) mass is 304 g/mol. The number of anilines is 1. The minimum absolute atomic E-state index is 0.254. The third-order valence-electron chi connectivity index (χ3n) is 3.46. The fraction of sp³-hybridized carbons (Fsp3) is 0.0526. The Morgan fingerprint density at radius 2 is 1.78 bits per heavy atom. The van der Waals surface area contributed by atoms with E-state index in [-0.39, 0.29) is 5.91 Å². The standard InChI is InChI=1S/C19H16N2O2/c1-23-15-10-11-16(14-7-3-2-4-8-14)18(13-15)21-19(22)17-9-5-6-12-20-17/h2-13H,1H3,(H,21,22). The van der Waals surface area contributed by atoms with Crippen LogP contribution in [-0.2, 0) is 0 Å². The first kappa shape index (κ1) is 14.8. The molecule has 1 N–H and O–H groups in total. The summed E-state index contributed by atoms with van der Waals surface area (Å²) in [5.74, 6) is 0.428. The molecule has 114 valence electrons. The molecule has 1 aromatic heterocycles. The van der Waals surface area contributed by atoms with Gasteiger partial charge in [0.15, 0.2) is 0 Å². The van der Waals surface area contributed by atoms with E-state index >= 15 is 0 Å². The number of rotatable bonds is 4. The number of nitrogens with zero attached hydrogens (tertiary/aromatic N) is 1. The van der Waals surface area contributed by atoms with Crippen molar-refractivity contribution in [2.24, 2.45) is 0 Å². The van der Waals surface area contributed by atoms with E-state index in [1.165, 1.54) is 0 Å². The second-order valence-corrected chi connectivity index (χ2v) is 4.95. The Kier molecular flexibility index (Phi) is 4.34. The normalized spacial score (nSPS) is 10.1. The largest absolute Gasteiger partial charge is 0.497 e. The Labute approximate surface area is 134 Å². The second-order valence-electron chi connectivity index (χ2n) is 4.95. The lowest BCUT2D eigenvalue weighted by atomic mass is 10.0. The lowest BCUT2D eigenvalue weighted by Gasteiger charge is -2.13. The van der Waals surface area contributed by atoms with Crippen molar-refractivity contribution in [2.45, 2.75) is 0 Å². The van der Waals surface area contributed by atoms with Crippen LogP contribution in [0.3, 0.4) is 0 Å². The van der Waals surface area contributed by atoms with Gasteiger partial charge in [0.1, 0.15) is 11.4 Å². The Hall–Kier alpha value is -3.14. The fourth-order valence-corrected chi connectivity index (χ4v) is 2.31. The van der Waals surface area contributed by atoms with E-state index in [9.17, 15) is 4.79 Å². The van der Waals surface area contributed by atoms with Crippen LogP contribution in [0.5, 0.6) is 5.75 Å². The summed E-state index contributed by atoms with van der Waals surface area (Å²) in [4.78, 5) is 16.5. The van der Waals surface area contributed by atoms with Crippen molar-refractivity contribution in [3.63, 3.8) is 0 Å². The maximum absolute atomic E-state index is 12.4. The molecule has 0 aliphatic rings. The molecule has 2 aromatic carbocycles. The number of hydrogen-bond donors (Lipinski definition) is 1. The summed E-state index contributed by atoms with van der Waals surface area (Å²) < 4.78 is 5.27. The van der Waals surface area contributed by atoms with Gasteiger partial charge in [0.05, 0.1) is 12.8 Å². The first-order chi connectivity index (χ1) is 11.3. The number of aromatic nitrogens is 1. The summed E-state index contributed by atoms with van der Waals surface area (Å²) in [5, 5.41) is 2.92. The predicted octanol–water partition coefficient (Wildman–Crippen LogP) is 4.01. The zero-order valence-corrected chi connectivity index (χ0v) is 12.7. The minimum Gasteiger partial charge on any atom is -0.497 e. The molecule has 1 heterocycles. The van der Waals surface area contributed by atoms with Gasteiger partial charge in [-0.15, -0.1) is 0 Å². The van der Waals surface area contributed by atoms with Gasteiger partial charge < -0.3 is 10.1 Å². The van der Waals surface area contributed by atoms with Crippen LogP contribution in [0.25, 0.3) is 11.1 Å². The topological polar surface area (TPSA) is 51.2 Å². The van der Waals surface area contributed by atoms with Gasteiger partial charge in [-0.3, -0.25) is 9.78 Å². The molecule has 0 fully saturated rings. The first-order valence-electron chi connectivity index (χ1n) is 7.24. The Morgan fingerprint density at radius 1 is 1.00 bits per heavy atom. The smallest absolute Gasteiger partial charge is 0.274 e. The average Bonchev–Trinajstić information content (AvgIpc) is 2.63. The number of carbonyl (C=O) groups is 1. The number of pyridine rings is 1. The zero-order chi connectivity index (χ0) is 16.1. The molecule has 0 bridgehead atoms. The molecule has 0 aliphatic heterocycles. The van der Waals surface area contributed by atoms with Crippen LogP contribution in [0.2, 0.25) is 0 Å². The van der Waals surface area contributed by atoms with E-state index in [1.54, 1.807) is 31.5 Å².